The fraction of sp³-hybridized carbons (Fsp3) is 0.652. The van der Waals surface area contributed by atoms with Gasteiger partial charge in [-0.15, -0.1) is 0 Å². The quantitative estimate of drug-likeness (QED) is 0.573. The van der Waals surface area contributed by atoms with E-state index in [0.717, 1.165) is 43.5 Å². The van der Waals surface area contributed by atoms with Crippen LogP contribution < -0.4 is 4.90 Å². The topological polar surface area (TPSA) is 59.1 Å². The molecule has 0 atom stereocenters. The van der Waals surface area contributed by atoms with Gasteiger partial charge in [-0.1, -0.05) is 11.6 Å². The molecule has 1 fully saturated rings. The first-order chi connectivity index (χ1) is 14.0. The van der Waals surface area contributed by atoms with Crippen molar-refractivity contribution in [3.05, 3.63) is 28.3 Å². The van der Waals surface area contributed by atoms with Crippen LogP contribution in [0.2, 0.25) is 5.02 Å². The van der Waals surface area contributed by atoms with Crippen molar-refractivity contribution in [2.24, 2.45) is 0 Å². The average Bonchev–Trinajstić information content (AvgIpc) is 2.68. The van der Waals surface area contributed by atoms with Crippen molar-refractivity contribution in [2.45, 2.75) is 78.0 Å². The summed E-state index contributed by atoms with van der Waals surface area (Å²) in [6, 6.07) is 4.07. The monoisotopic (exact) mass is 438 g/mol. The molecule has 1 aromatic rings. The molecule has 1 aliphatic carbocycles. The van der Waals surface area contributed by atoms with Crippen molar-refractivity contribution >= 4 is 29.4 Å². The fourth-order valence-corrected chi connectivity index (χ4v) is 4.36. The minimum Gasteiger partial charge on any atom is -0.465 e. The van der Waals surface area contributed by atoms with Crippen molar-refractivity contribution < 1.29 is 19.1 Å². The van der Waals surface area contributed by atoms with Crippen LogP contribution in [0.4, 0.5) is 10.5 Å². The van der Waals surface area contributed by atoms with E-state index in [1.807, 2.05) is 40.8 Å². The molecule has 1 aromatic carbocycles. The molecule has 0 N–H and O–H groups in total. The van der Waals surface area contributed by atoms with E-state index in [0.29, 0.717) is 16.6 Å². The Hall–Kier alpha value is -1.95. The van der Waals surface area contributed by atoms with Crippen molar-refractivity contribution in [1.29, 1.82) is 0 Å². The SMILES string of the molecule is CCN(c1cc(Cl)cc(C(=O)OC)c1C)[C@H]1CC[C@H](N(C)C(=O)OC(C)(C)C)CC1. The van der Waals surface area contributed by atoms with Gasteiger partial charge in [0.05, 0.1) is 12.7 Å². The van der Waals surface area contributed by atoms with Crippen LogP contribution in [-0.2, 0) is 9.47 Å². The molecule has 0 unspecified atom stereocenters. The van der Waals surface area contributed by atoms with Gasteiger partial charge in [-0.25, -0.2) is 9.59 Å². The molecule has 0 radical (unpaired) electrons. The van der Waals surface area contributed by atoms with Crippen LogP contribution in [0.3, 0.4) is 0 Å². The Labute approximate surface area is 185 Å². The van der Waals surface area contributed by atoms with Gasteiger partial charge in [-0.2, -0.15) is 0 Å². The van der Waals surface area contributed by atoms with Crippen LogP contribution in [0.15, 0.2) is 12.1 Å². The first kappa shape index (κ1) is 24.3. The Morgan fingerprint density at radius 2 is 1.70 bits per heavy atom. The molecule has 0 aliphatic heterocycles. The number of esters is 1. The third-order valence-electron chi connectivity index (χ3n) is 5.74. The van der Waals surface area contributed by atoms with Crippen molar-refractivity contribution in [2.75, 3.05) is 25.6 Å². The minimum atomic E-state index is -0.497. The minimum absolute atomic E-state index is 0.167. The number of ether oxygens (including phenoxy) is 2. The zero-order chi connectivity index (χ0) is 22.6. The fourth-order valence-electron chi connectivity index (χ4n) is 4.15. The second-order valence-electron chi connectivity index (χ2n) is 8.93. The second-order valence-corrected chi connectivity index (χ2v) is 9.37. The number of hydrogen-bond donors (Lipinski definition) is 0. The molecule has 6 nitrogen and oxygen atoms in total. The van der Waals surface area contributed by atoms with Crippen LogP contribution in [0, 0.1) is 6.92 Å². The lowest BCUT2D eigenvalue weighted by atomic mass is 9.88. The van der Waals surface area contributed by atoms with E-state index in [-0.39, 0.29) is 18.1 Å². The largest absolute Gasteiger partial charge is 0.465 e. The normalized spacial score (nSPS) is 19.2. The highest BCUT2D eigenvalue weighted by atomic mass is 35.5. The standard InChI is InChI=1S/C23H35ClN2O4/c1-8-26(20-14-16(24)13-19(15(20)2)21(27)29-7)18-11-9-17(10-12-18)25(6)22(28)30-23(3,4)5/h13-14,17-18H,8-12H2,1-7H3/t17-,18-. The third-order valence-corrected chi connectivity index (χ3v) is 5.95. The number of anilines is 1. The molecule has 0 bridgehead atoms. The molecule has 0 saturated heterocycles. The number of nitrogens with zero attached hydrogens (tertiary/aromatic N) is 2. The molecule has 7 heteroatoms. The maximum Gasteiger partial charge on any atom is 0.410 e. The lowest BCUT2D eigenvalue weighted by Crippen LogP contribution is -2.46. The van der Waals surface area contributed by atoms with Gasteiger partial charge in [0.25, 0.3) is 0 Å². The smallest absolute Gasteiger partial charge is 0.410 e. The number of amides is 1. The molecular weight excluding hydrogens is 404 g/mol. The van der Waals surface area contributed by atoms with Crippen molar-refractivity contribution in [3.8, 4) is 0 Å². The number of halogens is 1. The summed E-state index contributed by atoms with van der Waals surface area (Å²) in [6.07, 6.45) is 3.43. The van der Waals surface area contributed by atoms with Gasteiger partial charge in [0.15, 0.2) is 0 Å². The van der Waals surface area contributed by atoms with E-state index in [1.165, 1.54) is 7.11 Å². The van der Waals surface area contributed by atoms with Crippen LogP contribution in [0.25, 0.3) is 0 Å². The molecule has 0 heterocycles. The predicted molar refractivity (Wildman–Crippen MR) is 121 cm³/mol. The Morgan fingerprint density at radius 3 is 2.20 bits per heavy atom. The Balaban J connectivity index is 2.13. The van der Waals surface area contributed by atoms with Crippen LogP contribution in [0.5, 0.6) is 0 Å². The number of carbonyl (C=O) groups excluding carboxylic acids is 2. The number of carbonyl (C=O) groups is 2. The van der Waals surface area contributed by atoms with Gasteiger partial charge in [0, 0.05) is 36.4 Å². The lowest BCUT2D eigenvalue weighted by molar-refractivity contribution is 0.0183. The molecule has 0 aromatic heterocycles. The number of benzene rings is 1. The molecule has 0 spiro atoms. The van der Waals surface area contributed by atoms with E-state index in [1.54, 1.807) is 11.0 Å². The first-order valence-corrected chi connectivity index (χ1v) is 11.0. The maximum atomic E-state index is 12.4. The van der Waals surface area contributed by atoms with E-state index in [2.05, 4.69) is 11.8 Å². The van der Waals surface area contributed by atoms with Crippen LogP contribution >= 0.6 is 11.6 Å². The van der Waals surface area contributed by atoms with E-state index < -0.39 is 5.60 Å². The van der Waals surface area contributed by atoms with Crippen LogP contribution in [-0.4, -0.2) is 55.3 Å². The van der Waals surface area contributed by atoms with Gasteiger partial charge < -0.3 is 19.3 Å². The summed E-state index contributed by atoms with van der Waals surface area (Å²) in [7, 11) is 3.20. The van der Waals surface area contributed by atoms with Gasteiger partial charge in [-0.05, 0) is 78.0 Å². The summed E-state index contributed by atoms with van der Waals surface area (Å²) in [6.45, 7) is 10.5. The second kappa shape index (κ2) is 9.90. The van der Waals surface area contributed by atoms with Gasteiger partial charge >= 0.3 is 12.1 Å². The summed E-state index contributed by atoms with van der Waals surface area (Å²) in [5, 5.41) is 0.521. The van der Waals surface area contributed by atoms with E-state index in [9.17, 15) is 9.59 Å². The summed E-state index contributed by atoms with van der Waals surface area (Å²) in [5.74, 6) is -0.380. The highest BCUT2D eigenvalue weighted by Crippen LogP contribution is 2.34. The van der Waals surface area contributed by atoms with Gasteiger partial charge in [-0.3, -0.25) is 0 Å². The lowest BCUT2D eigenvalue weighted by Gasteiger charge is -2.41. The van der Waals surface area contributed by atoms with Gasteiger partial charge in [0.1, 0.15) is 5.60 Å². The highest BCUT2D eigenvalue weighted by molar-refractivity contribution is 6.31. The molecule has 2 rings (SSSR count). The van der Waals surface area contributed by atoms with E-state index >= 15 is 0 Å². The zero-order valence-corrected chi connectivity index (χ0v) is 20.0. The molecule has 1 saturated carbocycles. The van der Waals surface area contributed by atoms with E-state index in [4.69, 9.17) is 21.1 Å². The number of rotatable bonds is 5. The average molecular weight is 439 g/mol. The zero-order valence-electron chi connectivity index (χ0n) is 19.3. The Morgan fingerprint density at radius 1 is 1.13 bits per heavy atom. The highest BCUT2D eigenvalue weighted by Gasteiger charge is 2.32. The summed E-state index contributed by atoms with van der Waals surface area (Å²) >= 11 is 6.32. The molecular formula is C23H35ClN2O4. The van der Waals surface area contributed by atoms with Gasteiger partial charge in [0.2, 0.25) is 0 Å². The molecule has 1 amide bonds. The molecule has 1 aliphatic rings. The first-order valence-electron chi connectivity index (χ1n) is 10.6. The molecule has 168 valence electrons. The van der Waals surface area contributed by atoms with Crippen LogP contribution in [0.1, 0.15) is 69.3 Å². The van der Waals surface area contributed by atoms with Crippen molar-refractivity contribution in [1.82, 2.24) is 4.90 Å². The summed E-state index contributed by atoms with van der Waals surface area (Å²) < 4.78 is 10.4. The summed E-state index contributed by atoms with van der Waals surface area (Å²) in [5.41, 5.74) is 1.84. The molecule has 30 heavy (non-hydrogen) atoms. The number of hydrogen-bond acceptors (Lipinski definition) is 5. The third kappa shape index (κ3) is 5.81. The number of methoxy groups -OCH3 is 1. The van der Waals surface area contributed by atoms with Crippen molar-refractivity contribution in [3.63, 3.8) is 0 Å². The maximum absolute atomic E-state index is 12.4. The summed E-state index contributed by atoms with van der Waals surface area (Å²) in [4.78, 5) is 28.6. The predicted octanol–water partition coefficient (Wildman–Crippen LogP) is 5.44. The Kier molecular flexibility index (Phi) is 8.03. The Bertz CT molecular complexity index is 767.